The monoisotopic (exact) mass is 347 g/mol. The Balaban J connectivity index is 2.22. The molecule has 0 saturated heterocycles. The molecule has 0 unspecified atom stereocenters. The third kappa shape index (κ3) is 5.03. The largest absolute Gasteiger partial charge is 0.481 e. The fourth-order valence-corrected chi connectivity index (χ4v) is 2.29. The van der Waals surface area contributed by atoms with Crippen LogP contribution in [0.5, 0.6) is 0 Å². The second-order valence-corrected chi connectivity index (χ2v) is 6.58. The van der Waals surface area contributed by atoms with Crippen LogP contribution < -0.4 is 10.3 Å². The van der Waals surface area contributed by atoms with Crippen molar-refractivity contribution in [3.8, 4) is 0 Å². The van der Waals surface area contributed by atoms with Crippen LogP contribution in [0.15, 0.2) is 35.4 Å². The van der Waals surface area contributed by atoms with E-state index in [4.69, 9.17) is 9.84 Å². The van der Waals surface area contributed by atoms with Gasteiger partial charge in [0.2, 0.25) is 0 Å². The molecule has 1 aromatic carbocycles. The number of amides is 2. The van der Waals surface area contributed by atoms with Crippen molar-refractivity contribution in [3.63, 3.8) is 0 Å². The molecular formula is C17H21N3O5. The summed E-state index contributed by atoms with van der Waals surface area (Å²) < 4.78 is 5.17. The molecule has 134 valence electrons. The normalized spacial score (nSPS) is 17.2. The third-order valence-corrected chi connectivity index (χ3v) is 3.32. The van der Waals surface area contributed by atoms with Gasteiger partial charge in [-0.2, -0.15) is 10.1 Å². The van der Waals surface area contributed by atoms with Crippen molar-refractivity contribution < 1.29 is 24.2 Å². The molecule has 0 spiro atoms. The first-order valence-electron chi connectivity index (χ1n) is 7.86. The van der Waals surface area contributed by atoms with Crippen molar-refractivity contribution in [1.82, 2.24) is 5.32 Å². The highest BCUT2D eigenvalue weighted by molar-refractivity contribution is 6.17. The zero-order chi connectivity index (χ0) is 18.6. The molecule has 1 aliphatic heterocycles. The molecule has 1 atom stereocenters. The second-order valence-electron chi connectivity index (χ2n) is 6.58. The summed E-state index contributed by atoms with van der Waals surface area (Å²) in [6.07, 6.45) is -0.922. The molecule has 8 heteroatoms. The zero-order valence-electron chi connectivity index (χ0n) is 14.4. The van der Waals surface area contributed by atoms with Crippen LogP contribution in [0, 0.1) is 5.92 Å². The van der Waals surface area contributed by atoms with Crippen molar-refractivity contribution in [1.29, 1.82) is 0 Å². The molecule has 8 nitrogen and oxygen atoms in total. The summed E-state index contributed by atoms with van der Waals surface area (Å²) in [4.78, 5) is 35.5. The van der Waals surface area contributed by atoms with E-state index >= 15 is 0 Å². The molecule has 0 aliphatic carbocycles. The summed E-state index contributed by atoms with van der Waals surface area (Å²) in [7, 11) is 0. The number of amidine groups is 1. The first kappa shape index (κ1) is 18.4. The lowest BCUT2D eigenvalue weighted by molar-refractivity contribution is -0.137. The van der Waals surface area contributed by atoms with Crippen molar-refractivity contribution in [2.24, 2.45) is 11.0 Å². The summed E-state index contributed by atoms with van der Waals surface area (Å²) >= 11 is 0. The van der Waals surface area contributed by atoms with Crippen LogP contribution in [0.4, 0.5) is 10.5 Å². The lowest BCUT2D eigenvalue weighted by Crippen LogP contribution is -2.40. The average Bonchev–Trinajstić information content (AvgIpc) is 2.80. The summed E-state index contributed by atoms with van der Waals surface area (Å²) in [5.41, 5.74) is -0.169. The number of aliphatic carboxylic acids is 1. The van der Waals surface area contributed by atoms with Gasteiger partial charge in [0.1, 0.15) is 17.4 Å². The number of carboxylic acids is 1. The number of benzene rings is 1. The zero-order valence-corrected chi connectivity index (χ0v) is 14.4. The van der Waals surface area contributed by atoms with E-state index in [1.165, 1.54) is 5.01 Å². The SMILES string of the molecule is CC(C)(C)OC(=O)NC1=NN(c2ccccc2)C(=O)[C@H]1CCC(=O)O. The number of hydrogen-bond acceptors (Lipinski definition) is 5. The van der Waals surface area contributed by atoms with Gasteiger partial charge in [0.25, 0.3) is 5.91 Å². The predicted octanol–water partition coefficient (Wildman–Crippen LogP) is 2.35. The van der Waals surface area contributed by atoms with Gasteiger partial charge in [-0.25, -0.2) is 4.79 Å². The maximum Gasteiger partial charge on any atom is 0.413 e. The number of carboxylic acid groups (broad SMARTS) is 1. The van der Waals surface area contributed by atoms with E-state index in [1.54, 1.807) is 51.1 Å². The van der Waals surface area contributed by atoms with Crippen molar-refractivity contribution in [2.75, 3.05) is 5.01 Å². The van der Waals surface area contributed by atoms with E-state index in [9.17, 15) is 14.4 Å². The Morgan fingerprint density at radius 1 is 1.28 bits per heavy atom. The van der Waals surface area contributed by atoms with Crippen molar-refractivity contribution >= 4 is 29.5 Å². The van der Waals surface area contributed by atoms with Gasteiger partial charge in [0.15, 0.2) is 0 Å². The Bertz CT molecular complexity index is 694. The summed E-state index contributed by atoms with van der Waals surface area (Å²) in [6, 6.07) is 8.71. The van der Waals surface area contributed by atoms with Gasteiger partial charge in [-0.15, -0.1) is 0 Å². The number of hydrogen-bond donors (Lipinski definition) is 2. The molecule has 0 fully saturated rings. The first-order chi connectivity index (χ1) is 11.7. The van der Waals surface area contributed by atoms with Gasteiger partial charge in [-0.05, 0) is 39.3 Å². The highest BCUT2D eigenvalue weighted by Crippen LogP contribution is 2.25. The van der Waals surface area contributed by atoms with Gasteiger partial charge in [-0.3, -0.25) is 14.9 Å². The van der Waals surface area contributed by atoms with Crippen molar-refractivity contribution in [2.45, 2.75) is 39.2 Å². The van der Waals surface area contributed by atoms with Crippen molar-refractivity contribution in [3.05, 3.63) is 30.3 Å². The Kier molecular flexibility index (Phi) is 5.41. The lowest BCUT2D eigenvalue weighted by Gasteiger charge is -2.20. The topological polar surface area (TPSA) is 108 Å². The number of nitrogens with zero attached hydrogens (tertiary/aromatic N) is 2. The number of ether oxygens (including phenoxy) is 1. The van der Waals surface area contributed by atoms with E-state index in [1.807, 2.05) is 0 Å². The Hall–Kier alpha value is -2.90. The maximum atomic E-state index is 12.6. The number of carbonyl (C=O) groups excluding carboxylic acids is 2. The van der Waals surface area contributed by atoms with Crippen LogP contribution in [0.25, 0.3) is 0 Å². The van der Waals surface area contributed by atoms with Gasteiger partial charge >= 0.3 is 12.1 Å². The Labute approximate surface area is 145 Å². The van der Waals surface area contributed by atoms with E-state index in [0.717, 1.165) is 0 Å². The highest BCUT2D eigenvalue weighted by Gasteiger charge is 2.38. The maximum absolute atomic E-state index is 12.6. The molecule has 0 aromatic heterocycles. The lowest BCUT2D eigenvalue weighted by atomic mass is 10.0. The van der Waals surface area contributed by atoms with Crippen LogP contribution in [0.1, 0.15) is 33.6 Å². The summed E-state index contributed by atoms with van der Waals surface area (Å²) in [6.45, 7) is 5.14. The van der Waals surface area contributed by atoms with Gasteiger partial charge < -0.3 is 9.84 Å². The molecule has 2 rings (SSSR count). The molecule has 1 heterocycles. The summed E-state index contributed by atoms with van der Waals surface area (Å²) in [5.74, 6) is -2.17. The molecule has 0 saturated carbocycles. The molecule has 2 amide bonds. The van der Waals surface area contributed by atoms with Crippen LogP contribution in [-0.2, 0) is 14.3 Å². The van der Waals surface area contributed by atoms with Gasteiger partial charge in [0.05, 0.1) is 5.69 Å². The van der Waals surface area contributed by atoms with E-state index in [0.29, 0.717) is 5.69 Å². The van der Waals surface area contributed by atoms with Gasteiger partial charge in [0, 0.05) is 6.42 Å². The first-order valence-corrected chi connectivity index (χ1v) is 7.86. The Morgan fingerprint density at radius 2 is 1.92 bits per heavy atom. The van der Waals surface area contributed by atoms with Crippen LogP contribution in [-0.4, -0.2) is 34.5 Å². The molecule has 0 bridgehead atoms. The highest BCUT2D eigenvalue weighted by atomic mass is 16.6. The standard InChI is InChI=1S/C17H21N3O5/c1-17(2,3)25-16(24)18-14-12(9-10-13(21)22)15(23)20(19-14)11-7-5-4-6-8-11/h4-8,12H,9-10H2,1-3H3,(H,21,22)(H,18,19,24)/t12-/m0/s1. The number of nitrogens with one attached hydrogen (secondary N) is 1. The van der Waals surface area contributed by atoms with Crippen LogP contribution >= 0.6 is 0 Å². The number of hydrazone groups is 1. The third-order valence-electron chi connectivity index (χ3n) is 3.32. The molecule has 1 aromatic rings. The average molecular weight is 347 g/mol. The van der Waals surface area contributed by atoms with Crippen LogP contribution in [0.3, 0.4) is 0 Å². The molecule has 0 radical (unpaired) electrons. The fraction of sp³-hybridized carbons (Fsp3) is 0.412. The number of alkyl carbamates (subject to hydrolysis) is 1. The molecule has 2 N–H and O–H groups in total. The predicted molar refractivity (Wildman–Crippen MR) is 91.1 cm³/mol. The number of rotatable bonds is 4. The molecule has 25 heavy (non-hydrogen) atoms. The van der Waals surface area contributed by atoms with Crippen LogP contribution in [0.2, 0.25) is 0 Å². The van der Waals surface area contributed by atoms with Gasteiger partial charge in [-0.1, -0.05) is 18.2 Å². The summed E-state index contributed by atoms with van der Waals surface area (Å²) in [5, 5.41) is 16.7. The minimum atomic E-state index is -1.03. The number of carbonyl (C=O) groups is 3. The minimum absolute atomic E-state index is 0.0339. The Morgan fingerprint density at radius 3 is 2.48 bits per heavy atom. The number of para-hydroxylation sites is 1. The quantitative estimate of drug-likeness (QED) is 0.869. The minimum Gasteiger partial charge on any atom is -0.481 e. The molecule has 1 aliphatic rings. The van der Waals surface area contributed by atoms with E-state index in [-0.39, 0.29) is 18.7 Å². The van der Waals surface area contributed by atoms with E-state index in [2.05, 4.69) is 10.4 Å². The molecular weight excluding hydrogens is 326 g/mol. The number of anilines is 1. The smallest absolute Gasteiger partial charge is 0.413 e. The second kappa shape index (κ2) is 7.33. The van der Waals surface area contributed by atoms with E-state index < -0.39 is 29.5 Å². The fourth-order valence-electron chi connectivity index (χ4n) is 2.29.